The highest BCUT2D eigenvalue weighted by atomic mass is 32.2. The summed E-state index contributed by atoms with van der Waals surface area (Å²) in [6.07, 6.45) is -5.11. The Balaban J connectivity index is 3.46. The first-order chi connectivity index (χ1) is 10.3. The third kappa shape index (κ3) is 4.61. The molecule has 0 spiro atoms. The molecule has 1 rings (SSSR count). The van der Waals surface area contributed by atoms with Gasteiger partial charge >= 0.3 is 21.8 Å². The van der Waals surface area contributed by atoms with Gasteiger partial charge in [-0.1, -0.05) is 24.3 Å². The van der Waals surface area contributed by atoms with Crippen molar-refractivity contribution in [3.8, 4) is 0 Å². The van der Waals surface area contributed by atoms with Gasteiger partial charge in [-0.05, 0) is 12.5 Å². The second kappa shape index (κ2) is 6.40. The fourth-order valence-electron chi connectivity index (χ4n) is 1.37. The lowest BCUT2D eigenvalue weighted by atomic mass is 10.1. The smallest absolute Gasteiger partial charge is 0.392 e. The van der Waals surface area contributed by atoms with E-state index >= 15 is 0 Å². The molecule has 130 valence electrons. The molecule has 4 nitrogen and oxygen atoms in total. The number of alkyl halides is 6. The van der Waals surface area contributed by atoms with Gasteiger partial charge < -0.3 is 9.29 Å². The van der Waals surface area contributed by atoms with Gasteiger partial charge in [-0.3, -0.25) is 0 Å². The van der Waals surface area contributed by atoms with Crippen molar-refractivity contribution in [2.45, 2.75) is 25.2 Å². The second-order valence-corrected chi connectivity index (χ2v) is 5.83. The van der Waals surface area contributed by atoms with E-state index in [2.05, 4.69) is 4.18 Å². The standard InChI is InChI=1S/C12H10F6O4S/c1-7(11(13,14)15)10(22-23(20,21)12(16,17)18)9-4-2-8(6-19)3-5-9/h2-5,19H,6H2,1H3/b10-7+. The zero-order chi connectivity index (χ0) is 18.1. The van der Waals surface area contributed by atoms with Gasteiger partial charge in [-0.25, -0.2) is 0 Å². The molecule has 0 unspecified atom stereocenters. The van der Waals surface area contributed by atoms with Crippen LogP contribution < -0.4 is 0 Å². The van der Waals surface area contributed by atoms with Crippen LogP contribution in [0.5, 0.6) is 0 Å². The summed E-state index contributed by atoms with van der Waals surface area (Å²) >= 11 is 0. The molecule has 23 heavy (non-hydrogen) atoms. The lowest BCUT2D eigenvalue weighted by Gasteiger charge is -2.17. The quantitative estimate of drug-likeness (QED) is 0.385. The van der Waals surface area contributed by atoms with E-state index in [1.807, 2.05) is 0 Å². The van der Waals surface area contributed by atoms with Crippen LogP contribution in [0.2, 0.25) is 0 Å². The van der Waals surface area contributed by atoms with E-state index in [1.54, 1.807) is 0 Å². The highest BCUT2D eigenvalue weighted by molar-refractivity contribution is 7.87. The van der Waals surface area contributed by atoms with Gasteiger partial charge in [0, 0.05) is 5.56 Å². The summed E-state index contributed by atoms with van der Waals surface area (Å²) in [6, 6.07) is 4.04. The summed E-state index contributed by atoms with van der Waals surface area (Å²) in [5.74, 6) is -1.49. The van der Waals surface area contributed by atoms with Gasteiger partial charge in [0.2, 0.25) is 0 Å². The largest absolute Gasteiger partial charge is 0.534 e. The molecule has 0 heterocycles. The molecule has 0 atom stereocenters. The Hall–Kier alpha value is -1.75. The Morgan fingerprint density at radius 2 is 1.57 bits per heavy atom. The Labute approximate surface area is 127 Å². The Bertz CT molecular complexity index is 686. The fourth-order valence-corrected chi connectivity index (χ4v) is 1.91. The van der Waals surface area contributed by atoms with E-state index in [9.17, 15) is 34.8 Å². The predicted molar refractivity (Wildman–Crippen MR) is 67.1 cm³/mol. The number of allylic oxidation sites excluding steroid dienone is 1. The average Bonchev–Trinajstić information content (AvgIpc) is 2.42. The van der Waals surface area contributed by atoms with E-state index in [0.29, 0.717) is 6.92 Å². The maximum atomic E-state index is 12.7. The Morgan fingerprint density at radius 1 is 1.09 bits per heavy atom. The molecule has 0 aliphatic rings. The first-order valence-corrected chi connectivity index (χ1v) is 7.19. The van der Waals surface area contributed by atoms with Crippen LogP contribution in [0, 0.1) is 0 Å². The lowest BCUT2D eigenvalue weighted by Crippen LogP contribution is -2.26. The summed E-state index contributed by atoms with van der Waals surface area (Å²) < 4.78 is 101. The molecule has 1 aromatic carbocycles. The van der Waals surface area contributed by atoms with Crippen molar-refractivity contribution in [2.24, 2.45) is 0 Å². The van der Waals surface area contributed by atoms with Gasteiger partial charge in [0.15, 0.2) is 5.76 Å². The van der Waals surface area contributed by atoms with Crippen molar-refractivity contribution in [1.29, 1.82) is 0 Å². The minimum absolute atomic E-state index is 0.261. The van der Waals surface area contributed by atoms with Crippen LogP contribution in [0.1, 0.15) is 18.1 Å². The minimum atomic E-state index is -6.27. The van der Waals surface area contributed by atoms with E-state index in [4.69, 9.17) is 5.11 Å². The Kier molecular flexibility index (Phi) is 5.37. The normalized spacial score (nSPS) is 14.4. The van der Waals surface area contributed by atoms with Gasteiger partial charge in [-0.15, -0.1) is 0 Å². The lowest BCUT2D eigenvalue weighted by molar-refractivity contribution is -0.0919. The number of aliphatic hydroxyl groups is 1. The molecule has 1 N–H and O–H groups in total. The molecule has 0 saturated heterocycles. The van der Waals surface area contributed by atoms with Crippen molar-refractivity contribution in [1.82, 2.24) is 0 Å². The zero-order valence-electron chi connectivity index (χ0n) is 11.4. The van der Waals surface area contributed by atoms with Gasteiger partial charge in [-0.2, -0.15) is 34.8 Å². The number of aliphatic hydroxyl groups excluding tert-OH is 1. The molecule has 0 radical (unpaired) electrons. The molecule has 0 bridgehead atoms. The molecular formula is C12H10F6O4S. The van der Waals surface area contributed by atoms with Crippen LogP contribution in [0.25, 0.3) is 5.76 Å². The fraction of sp³-hybridized carbons (Fsp3) is 0.333. The molecule has 0 aliphatic heterocycles. The second-order valence-electron chi connectivity index (χ2n) is 4.29. The van der Waals surface area contributed by atoms with Crippen molar-refractivity contribution < 1.29 is 44.0 Å². The maximum absolute atomic E-state index is 12.7. The van der Waals surface area contributed by atoms with Crippen LogP contribution in [-0.2, 0) is 20.9 Å². The third-order valence-corrected chi connectivity index (χ3v) is 3.59. The van der Waals surface area contributed by atoms with Crippen LogP contribution in [0.15, 0.2) is 29.8 Å². The first kappa shape index (κ1) is 19.3. The third-order valence-electron chi connectivity index (χ3n) is 2.64. The molecule has 1 aromatic rings. The van der Waals surface area contributed by atoms with Crippen molar-refractivity contribution in [2.75, 3.05) is 0 Å². The summed E-state index contributed by atoms with van der Waals surface area (Å²) in [5, 5.41) is 8.83. The molecule has 0 aliphatic carbocycles. The monoisotopic (exact) mass is 364 g/mol. The number of halogens is 6. The summed E-state index contributed by atoms with van der Waals surface area (Å²) in [4.78, 5) is 0. The van der Waals surface area contributed by atoms with Crippen LogP contribution in [0.4, 0.5) is 26.3 Å². The predicted octanol–water partition coefficient (Wildman–Crippen LogP) is 3.34. The molecule has 0 fully saturated rings. The van der Waals surface area contributed by atoms with Crippen molar-refractivity contribution >= 4 is 15.9 Å². The van der Waals surface area contributed by atoms with Gasteiger partial charge in [0.25, 0.3) is 0 Å². The number of rotatable bonds is 4. The molecule has 11 heteroatoms. The van der Waals surface area contributed by atoms with E-state index in [-0.39, 0.29) is 5.56 Å². The minimum Gasteiger partial charge on any atom is -0.392 e. The first-order valence-electron chi connectivity index (χ1n) is 5.78. The molecular weight excluding hydrogens is 354 g/mol. The van der Waals surface area contributed by atoms with Crippen LogP contribution in [-0.4, -0.2) is 25.2 Å². The highest BCUT2D eigenvalue weighted by Crippen LogP contribution is 2.36. The van der Waals surface area contributed by atoms with Crippen LogP contribution >= 0.6 is 0 Å². The topological polar surface area (TPSA) is 63.6 Å². The van der Waals surface area contributed by atoms with E-state index < -0.39 is 45.3 Å². The SMILES string of the molecule is C/C(=C(\OS(=O)(=O)C(F)(F)F)c1ccc(CO)cc1)C(F)(F)F. The maximum Gasteiger partial charge on any atom is 0.534 e. The zero-order valence-corrected chi connectivity index (χ0v) is 12.2. The average molecular weight is 364 g/mol. The highest BCUT2D eigenvalue weighted by Gasteiger charge is 2.50. The Morgan fingerprint density at radius 3 is 1.91 bits per heavy atom. The molecule has 0 saturated carbocycles. The van der Waals surface area contributed by atoms with Gasteiger partial charge in [0.1, 0.15) is 0 Å². The number of hydrogen-bond donors (Lipinski definition) is 1. The summed E-state index contributed by atoms with van der Waals surface area (Å²) in [6.45, 7) is -0.0690. The van der Waals surface area contributed by atoms with E-state index in [1.165, 1.54) is 0 Å². The van der Waals surface area contributed by atoms with Gasteiger partial charge in [0.05, 0.1) is 12.2 Å². The van der Waals surface area contributed by atoms with Crippen molar-refractivity contribution in [3.63, 3.8) is 0 Å². The molecule has 0 amide bonds. The summed E-state index contributed by atoms with van der Waals surface area (Å²) in [5.41, 5.74) is -7.81. The summed E-state index contributed by atoms with van der Waals surface area (Å²) in [7, 11) is -6.27. The number of benzene rings is 1. The van der Waals surface area contributed by atoms with Crippen molar-refractivity contribution in [3.05, 3.63) is 41.0 Å². The van der Waals surface area contributed by atoms with E-state index in [0.717, 1.165) is 24.3 Å². The van der Waals surface area contributed by atoms with Crippen LogP contribution in [0.3, 0.4) is 0 Å². The number of hydrogen-bond acceptors (Lipinski definition) is 4. The molecule has 0 aromatic heterocycles.